The van der Waals surface area contributed by atoms with Crippen molar-refractivity contribution < 1.29 is 4.74 Å². The Morgan fingerprint density at radius 2 is 2.05 bits per heavy atom. The fourth-order valence-corrected chi connectivity index (χ4v) is 2.39. The Balaban J connectivity index is 2.28. The minimum Gasteiger partial charge on any atom is -0.454 e. The molecular weight excluding hydrogens is 315 g/mol. The fraction of sp³-hybridized carbons (Fsp3) is 0.143. The maximum Gasteiger partial charge on any atom is 0.184 e. The molecule has 3 nitrogen and oxygen atoms in total. The van der Waals surface area contributed by atoms with Crippen LogP contribution in [0.1, 0.15) is 12.6 Å². The van der Waals surface area contributed by atoms with Gasteiger partial charge in [0.25, 0.3) is 0 Å². The van der Waals surface area contributed by atoms with Gasteiger partial charge in [-0.05, 0) is 30.0 Å². The third kappa shape index (κ3) is 3.57. The van der Waals surface area contributed by atoms with Crippen molar-refractivity contribution in [3.05, 3.63) is 46.1 Å². The van der Waals surface area contributed by atoms with Gasteiger partial charge in [-0.3, -0.25) is 0 Å². The van der Waals surface area contributed by atoms with Crippen LogP contribution < -0.4 is 4.74 Å². The summed E-state index contributed by atoms with van der Waals surface area (Å²) in [6.07, 6.45) is 0. The van der Waals surface area contributed by atoms with Crippen molar-refractivity contribution in [3.63, 3.8) is 0 Å². The highest BCUT2D eigenvalue weighted by Gasteiger charge is 2.09. The Morgan fingerprint density at radius 1 is 1.25 bits per heavy atom. The average molecular weight is 325 g/mol. The van der Waals surface area contributed by atoms with Crippen LogP contribution in [0.25, 0.3) is 0 Å². The third-order valence-electron chi connectivity index (χ3n) is 2.35. The van der Waals surface area contributed by atoms with Crippen LogP contribution >= 0.6 is 35.0 Å². The summed E-state index contributed by atoms with van der Waals surface area (Å²) in [7, 11) is 0. The number of pyridine rings is 1. The zero-order chi connectivity index (χ0) is 14.5. The van der Waals surface area contributed by atoms with Crippen LogP contribution in [0.3, 0.4) is 0 Å². The first kappa shape index (κ1) is 15.0. The summed E-state index contributed by atoms with van der Waals surface area (Å²) in [6.45, 7) is 2.03. The first-order chi connectivity index (χ1) is 9.63. The summed E-state index contributed by atoms with van der Waals surface area (Å²) in [5.41, 5.74) is 0.245. The topological polar surface area (TPSA) is 45.9 Å². The van der Waals surface area contributed by atoms with Gasteiger partial charge < -0.3 is 4.74 Å². The predicted octanol–water partition coefficient (Wildman–Crippen LogP) is 5.16. The van der Waals surface area contributed by atoms with Crippen LogP contribution in [-0.2, 0) is 0 Å². The van der Waals surface area contributed by atoms with E-state index in [1.54, 1.807) is 36.0 Å². The van der Waals surface area contributed by atoms with Gasteiger partial charge in [-0.15, -0.1) is 11.8 Å². The number of rotatable bonds is 4. The van der Waals surface area contributed by atoms with Gasteiger partial charge in [0.1, 0.15) is 11.8 Å². The molecule has 0 fully saturated rings. The zero-order valence-corrected chi connectivity index (χ0v) is 12.9. The van der Waals surface area contributed by atoms with E-state index < -0.39 is 0 Å². The number of aromatic nitrogens is 1. The highest BCUT2D eigenvalue weighted by atomic mass is 35.5. The molecule has 20 heavy (non-hydrogen) atoms. The van der Waals surface area contributed by atoms with Crippen molar-refractivity contribution >= 4 is 35.0 Å². The van der Waals surface area contributed by atoms with Crippen molar-refractivity contribution in [3.8, 4) is 17.6 Å². The molecule has 0 atom stereocenters. The lowest BCUT2D eigenvalue weighted by Crippen LogP contribution is -1.93. The molecule has 1 aromatic carbocycles. The Hall–Kier alpha value is -1.41. The maximum atomic E-state index is 9.14. The second-order valence-corrected chi connectivity index (χ2v) is 5.82. The van der Waals surface area contributed by atoms with E-state index in [-0.39, 0.29) is 5.69 Å². The molecule has 0 saturated heterocycles. The molecular formula is C14H10Cl2N2OS. The molecule has 102 valence electrons. The lowest BCUT2D eigenvalue weighted by molar-refractivity contribution is 0.477. The molecule has 1 heterocycles. The van der Waals surface area contributed by atoms with E-state index in [1.165, 1.54) is 0 Å². The van der Waals surface area contributed by atoms with E-state index in [9.17, 15) is 0 Å². The number of hydrogen-bond donors (Lipinski definition) is 0. The van der Waals surface area contributed by atoms with Gasteiger partial charge in [-0.2, -0.15) is 5.26 Å². The van der Waals surface area contributed by atoms with Gasteiger partial charge in [-0.1, -0.05) is 30.1 Å². The van der Waals surface area contributed by atoms with Gasteiger partial charge in [0.2, 0.25) is 0 Å². The van der Waals surface area contributed by atoms with E-state index in [0.717, 1.165) is 10.8 Å². The predicted molar refractivity (Wildman–Crippen MR) is 81.9 cm³/mol. The van der Waals surface area contributed by atoms with E-state index in [2.05, 4.69) is 4.98 Å². The molecule has 0 aliphatic rings. The molecule has 0 amide bonds. The van der Waals surface area contributed by atoms with Gasteiger partial charge in [-0.25, -0.2) is 4.98 Å². The molecule has 2 rings (SSSR count). The molecule has 6 heteroatoms. The number of nitrogens with zero attached hydrogens (tertiary/aromatic N) is 2. The Bertz CT molecular complexity index is 671. The van der Waals surface area contributed by atoms with E-state index in [4.69, 9.17) is 33.2 Å². The molecule has 0 radical (unpaired) electrons. The van der Waals surface area contributed by atoms with Crippen LogP contribution in [0.15, 0.2) is 35.4 Å². The van der Waals surface area contributed by atoms with Crippen molar-refractivity contribution in [2.75, 3.05) is 5.75 Å². The quantitative estimate of drug-likeness (QED) is 0.728. The van der Waals surface area contributed by atoms with Crippen molar-refractivity contribution in [2.24, 2.45) is 0 Å². The molecule has 0 saturated carbocycles. The largest absolute Gasteiger partial charge is 0.454 e. The second-order valence-electron chi connectivity index (χ2n) is 3.72. The second kappa shape index (κ2) is 6.85. The minimum absolute atomic E-state index is 0.245. The Labute approximate surface area is 131 Å². The van der Waals surface area contributed by atoms with Gasteiger partial charge in [0, 0.05) is 6.07 Å². The van der Waals surface area contributed by atoms with Crippen LogP contribution in [0.5, 0.6) is 11.5 Å². The van der Waals surface area contributed by atoms with E-state index >= 15 is 0 Å². The van der Waals surface area contributed by atoms with Gasteiger partial charge in [0.15, 0.2) is 11.4 Å². The molecule has 1 aromatic heterocycles. The van der Waals surface area contributed by atoms with Crippen molar-refractivity contribution in [1.29, 1.82) is 5.26 Å². The van der Waals surface area contributed by atoms with Crippen LogP contribution in [-0.4, -0.2) is 10.7 Å². The monoisotopic (exact) mass is 324 g/mol. The summed E-state index contributed by atoms with van der Waals surface area (Å²) in [5.74, 6) is 1.80. The SMILES string of the molecule is CCSc1ccc(Oc2ccc(Cl)c(Cl)c2)c(C#N)n1. The number of benzene rings is 1. The van der Waals surface area contributed by atoms with Crippen LogP contribution in [0.4, 0.5) is 0 Å². The molecule has 2 aromatic rings. The first-order valence-corrected chi connectivity index (χ1v) is 7.55. The van der Waals surface area contributed by atoms with Crippen LogP contribution in [0, 0.1) is 11.3 Å². The third-order valence-corrected chi connectivity index (χ3v) is 3.90. The maximum absolute atomic E-state index is 9.14. The van der Waals surface area contributed by atoms with Gasteiger partial charge >= 0.3 is 0 Å². The lowest BCUT2D eigenvalue weighted by atomic mass is 10.3. The summed E-state index contributed by atoms with van der Waals surface area (Å²) in [5, 5.41) is 10.8. The van der Waals surface area contributed by atoms with Crippen molar-refractivity contribution in [1.82, 2.24) is 4.98 Å². The van der Waals surface area contributed by atoms with E-state index in [1.807, 2.05) is 19.1 Å². The number of halogens is 2. The van der Waals surface area contributed by atoms with Crippen LogP contribution in [0.2, 0.25) is 10.0 Å². The Morgan fingerprint density at radius 3 is 2.70 bits per heavy atom. The minimum atomic E-state index is 0.245. The smallest absolute Gasteiger partial charge is 0.184 e. The van der Waals surface area contributed by atoms with Crippen molar-refractivity contribution in [2.45, 2.75) is 11.9 Å². The lowest BCUT2D eigenvalue weighted by Gasteiger charge is -2.08. The normalized spacial score (nSPS) is 10.1. The molecule has 0 N–H and O–H groups in total. The fourth-order valence-electron chi connectivity index (χ4n) is 1.49. The molecule has 0 spiro atoms. The van der Waals surface area contributed by atoms with E-state index in [0.29, 0.717) is 21.5 Å². The summed E-state index contributed by atoms with van der Waals surface area (Å²) in [4.78, 5) is 4.23. The Kier molecular flexibility index (Phi) is 5.13. The molecule has 0 unspecified atom stereocenters. The number of ether oxygens (including phenoxy) is 1. The molecule has 0 bridgehead atoms. The number of thioether (sulfide) groups is 1. The zero-order valence-electron chi connectivity index (χ0n) is 10.6. The average Bonchev–Trinajstić information content (AvgIpc) is 2.45. The summed E-state index contributed by atoms with van der Waals surface area (Å²) < 4.78 is 5.63. The number of hydrogen-bond acceptors (Lipinski definition) is 4. The highest BCUT2D eigenvalue weighted by Crippen LogP contribution is 2.31. The highest BCUT2D eigenvalue weighted by molar-refractivity contribution is 7.99. The molecule has 0 aliphatic carbocycles. The standard InChI is InChI=1S/C14H10Cl2N2OS/c1-2-20-14-6-5-13(12(8-17)18-14)19-9-3-4-10(15)11(16)7-9/h3-7H,2H2,1H3. The molecule has 0 aliphatic heterocycles. The number of nitriles is 1. The first-order valence-electron chi connectivity index (χ1n) is 5.81. The summed E-state index contributed by atoms with van der Waals surface area (Å²) >= 11 is 13.3. The summed E-state index contributed by atoms with van der Waals surface area (Å²) in [6, 6.07) is 10.5. The van der Waals surface area contributed by atoms with Gasteiger partial charge in [0.05, 0.1) is 15.1 Å².